The summed E-state index contributed by atoms with van der Waals surface area (Å²) >= 11 is 0. The van der Waals surface area contributed by atoms with Gasteiger partial charge in [0.05, 0.1) is 0 Å². The van der Waals surface area contributed by atoms with Crippen LogP contribution in [-0.2, 0) is 64.7 Å². The Morgan fingerprint density at radius 3 is 0.600 bits per heavy atom. The summed E-state index contributed by atoms with van der Waals surface area (Å²) in [6.45, 7) is 0. The van der Waals surface area contributed by atoms with Crippen molar-refractivity contribution in [2.45, 2.75) is 0 Å². The van der Waals surface area contributed by atoms with Gasteiger partial charge in [-0.15, -0.1) is 0 Å². The van der Waals surface area contributed by atoms with Crippen molar-refractivity contribution in [1.29, 1.82) is 0 Å². The number of hydrogen-bond donors (Lipinski definition) is 0. The molecule has 0 rings (SSSR count). The zero-order valence-corrected chi connectivity index (χ0v) is 6.07. The molecule has 0 aromatic carbocycles. The van der Waals surface area contributed by atoms with Crippen LogP contribution in [-0.4, -0.2) is 0 Å². The molecular weight excluding hydrogens is 290 g/mol. The molecule has 0 N–H and O–H groups in total. The fourth-order valence-corrected chi connectivity index (χ4v) is 0. The summed E-state index contributed by atoms with van der Waals surface area (Å²) in [5.74, 6) is 0. The van der Waals surface area contributed by atoms with Gasteiger partial charge in [-0.3, -0.25) is 0 Å². The fourth-order valence-electron chi connectivity index (χ4n) is 0. The molecule has 5 heteroatoms. The van der Waals surface area contributed by atoms with E-state index < -0.39 is 0 Å². The molecule has 0 heterocycles. The Hall–Kier alpha value is 1.49. The number of hydrogen-bond acceptors (Lipinski definition) is 0. The van der Waals surface area contributed by atoms with Gasteiger partial charge in [0, 0.05) is 0 Å². The van der Waals surface area contributed by atoms with Gasteiger partial charge in [-0.2, -0.15) is 0 Å². The van der Waals surface area contributed by atoms with Gasteiger partial charge in [0.15, 0.2) is 0 Å². The Bertz CT molecular complexity index is 6.85. The molecule has 0 aliphatic rings. The molecule has 0 unspecified atom stereocenters. The topological polar surface area (TPSA) is 85.5 Å². The Labute approximate surface area is 64.4 Å². The van der Waals surface area contributed by atoms with E-state index in [0.717, 1.165) is 0 Å². The monoisotopic (exact) mass is 290 g/mol. The van der Waals surface area contributed by atoms with Crippen LogP contribution in [0.3, 0.4) is 0 Å². The maximum Gasteiger partial charge on any atom is 3.00 e. The third-order valence-corrected chi connectivity index (χ3v) is 0. The average Bonchev–Trinajstić information content (AvgIpc) is 0. The normalized spacial score (nSPS) is 0. The molecule has 0 amide bonds. The smallest absolute Gasteiger partial charge is 2.00 e. The molecular formula is AuO3Sc. The predicted octanol–water partition coefficient (Wildman–Crippen LogP) is -0.361. The van der Waals surface area contributed by atoms with Crippen LogP contribution in [0.2, 0.25) is 0 Å². The van der Waals surface area contributed by atoms with E-state index in [-0.39, 0.29) is 64.7 Å². The second-order valence-electron chi connectivity index (χ2n) is 0. The van der Waals surface area contributed by atoms with Crippen molar-refractivity contribution in [3.05, 3.63) is 0 Å². The molecule has 5 heavy (non-hydrogen) atoms. The maximum absolute atomic E-state index is 0. The molecule has 0 aromatic rings. The molecule has 0 saturated heterocycles. The first-order valence-electron chi connectivity index (χ1n) is 0. The van der Waals surface area contributed by atoms with E-state index in [4.69, 9.17) is 0 Å². The third kappa shape index (κ3) is 30.1. The van der Waals surface area contributed by atoms with Crippen molar-refractivity contribution in [3.63, 3.8) is 0 Å². The van der Waals surface area contributed by atoms with Crippen molar-refractivity contribution in [1.82, 2.24) is 0 Å². The van der Waals surface area contributed by atoms with Crippen LogP contribution in [0.1, 0.15) is 0 Å². The Balaban J connectivity index is 0. The first-order chi connectivity index (χ1) is 0. The molecule has 32 valence electrons. The van der Waals surface area contributed by atoms with Gasteiger partial charge in [0.25, 0.3) is 0 Å². The summed E-state index contributed by atoms with van der Waals surface area (Å²) in [6.07, 6.45) is 0. The summed E-state index contributed by atoms with van der Waals surface area (Å²) in [5, 5.41) is 0. The SMILES string of the molecule is [Au+3].[O-2].[O-2].[O-2].[Sc+3]. The first kappa shape index (κ1) is 88.1. The zero-order valence-electron chi connectivity index (χ0n) is 2.10. The fraction of sp³-hybridized carbons (Fsp3) is 0. The summed E-state index contributed by atoms with van der Waals surface area (Å²) < 4.78 is 0. The molecule has 0 aliphatic heterocycles. The van der Waals surface area contributed by atoms with Crippen LogP contribution < -0.4 is 0 Å². The molecule has 0 radical (unpaired) electrons. The average molecular weight is 290 g/mol. The van der Waals surface area contributed by atoms with Crippen molar-refractivity contribution in [2.75, 3.05) is 0 Å². The Morgan fingerprint density at radius 2 is 0.600 bits per heavy atom. The van der Waals surface area contributed by atoms with Gasteiger partial charge in [-0.05, 0) is 0 Å². The third-order valence-electron chi connectivity index (χ3n) is 0. The van der Waals surface area contributed by atoms with E-state index >= 15 is 0 Å². The molecule has 0 atom stereocenters. The Kier molecular flexibility index (Phi) is 878. The number of rotatable bonds is 0. The van der Waals surface area contributed by atoms with Gasteiger partial charge >= 0.3 is 48.2 Å². The Morgan fingerprint density at radius 1 is 0.600 bits per heavy atom. The molecule has 0 aliphatic carbocycles. The zero-order chi connectivity index (χ0) is 0. The minimum Gasteiger partial charge on any atom is -2.00 e. The molecule has 0 aromatic heterocycles. The van der Waals surface area contributed by atoms with Gasteiger partial charge in [0.1, 0.15) is 0 Å². The van der Waals surface area contributed by atoms with E-state index in [1.54, 1.807) is 0 Å². The van der Waals surface area contributed by atoms with Crippen molar-refractivity contribution < 1.29 is 64.7 Å². The molecule has 0 fully saturated rings. The standard InChI is InChI=1S/Au.3O.Sc/q+3;3*-2;+3. The van der Waals surface area contributed by atoms with E-state index in [0.29, 0.717) is 0 Å². The van der Waals surface area contributed by atoms with Gasteiger partial charge < -0.3 is 16.4 Å². The summed E-state index contributed by atoms with van der Waals surface area (Å²) in [7, 11) is 0. The quantitative estimate of drug-likeness (QED) is 0.546. The molecule has 0 spiro atoms. The minimum absolute atomic E-state index is 0. The van der Waals surface area contributed by atoms with E-state index in [1.807, 2.05) is 0 Å². The first-order valence-corrected chi connectivity index (χ1v) is 0. The van der Waals surface area contributed by atoms with Gasteiger partial charge in [-0.25, -0.2) is 0 Å². The van der Waals surface area contributed by atoms with Crippen LogP contribution in [0.25, 0.3) is 0 Å². The van der Waals surface area contributed by atoms with Crippen LogP contribution in [0.15, 0.2) is 0 Å². The van der Waals surface area contributed by atoms with Gasteiger partial charge in [0.2, 0.25) is 0 Å². The largest absolute Gasteiger partial charge is 3.00 e. The van der Waals surface area contributed by atoms with Crippen LogP contribution in [0.4, 0.5) is 0 Å². The maximum atomic E-state index is 0. The van der Waals surface area contributed by atoms with E-state index in [9.17, 15) is 0 Å². The minimum atomic E-state index is 0. The molecule has 0 saturated carbocycles. The van der Waals surface area contributed by atoms with E-state index in [1.165, 1.54) is 0 Å². The predicted molar refractivity (Wildman–Crippen MR) is 2.06 cm³/mol. The van der Waals surface area contributed by atoms with Crippen LogP contribution in [0.5, 0.6) is 0 Å². The molecule has 3 nitrogen and oxygen atoms in total. The van der Waals surface area contributed by atoms with Crippen LogP contribution in [0, 0.1) is 0 Å². The van der Waals surface area contributed by atoms with Crippen molar-refractivity contribution >= 4 is 0 Å². The summed E-state index contributed by atoms with van der Waals surface area (Å²) in [5.41, 5.74) is 0. The summed E-state index contributed by atoms with van der Waals surface area (Å²) in [4.78, 5) is 0. The van der Waals surface area contributed by atoms with E-state index in [2.05, 4.69) is 0 Å². The van der Waals surface area contributed by atoms with Gasteiger partial charge in [-0.1, -0.05) is 0 Å². The van der Waals surface area contributed by atoms with Crippen molar-refractivity contribution in [3.8, 4) is 0 Å². The summed E-state index contributed by atoms with van der Waals surface area (Å²) in [6, 6.07) is 0. The van der Waals surface area contributed by atoms with Crippen molar-refractivity contribution in [2.24, 2.45) is 0 Å². The second-order valence-corrected chi connectivity index (χ2v) is 0. The molecule has 0 bridgehead atoms. The second kappa shape index (κ2) is 49.8. The van der Waals surface area contributed by atoms with Crippen LogP contribution >= 0.6 is 0 Å².